The standard InChI is InChI=1S/C42H53N4O3.3HI/c1-43-19-7-9-37(33-43)13-11-35-15-17-39-40-18-16-36(12-14-38-10-8-20-44(2)34-38)32-42(40)45(41(39)31-35)21-25-47-27-29-49-30-28-48-26-24-46(3)22-5-4-6-23-46;;;/h7-20,31-34H,4-6,21-30H2,1-3H3;3*1H/q+3;;;/p-3/b13-11+,14-12+;;;. The molecule has 1 fully saturated rings. The van der Waals surface area contributed by atoms with Gasteiger partial charge in [-0.05, 0) is 66.8 Å². The van der Waals surface area contributed by atoms with Gasteiger partial charge in [-0.15, -0.1) is 0 Å². The van der Waals surface area contributed by atoms with Gasteiger partial charge >= 0.3 is 0 Å². The van der Waals surface area contributed by atoms with Gasteiger partial charge in [0.1, 0.15) is 20.6 Å². The minimum atomic E-state index is 0. The molecule has 52 heavy (non-hydrogen) atoms. The van der Waals surface area contributed by atoms with Crippen molar-refractivity contribution in [2.75, 3.05) is 66.3 Å². The molecule has 0 unspecified atom stereocenters. The molecule has 10 heteroatoms. The van der Waals surface area contributed by atoms with Crippen LogP contribution in [0.3, 0.4) is 0 Å². The normalized spacial score (nSPS) is 14.1. The maximum Gasteiger partial charge on any atom is 0.175 e. The second-order valence-corrected chi connectivity index (χ2v) is 13.7. The molecule has 2 aromatic carbocycles. The first-order chi connectivity index (χ1) is 24.0. The average Bonchev–Trinajstić information content (AvgIpc) is 3.41. The number of likely N-dealkylation sites (tertiary alicyclic amines) is 1. The number of rotatable bonds is 16. The topological polar surface area (TPSA) is 40.4 Å². The molecule has 0 atom stereocenters. The number of hydrogen-bond donors (Lipinski definition) is 0. The molecule has 0 N–H and O–H groups in total. The van der Waals surface area contributed by atoms with Crippen LogP contribution in [0.5, 0.6) is 0 Å². The number of piperidine rings is 1. The maximum absolute atomic E-state index is 6.10. The summed E-state index contributed by atoms with van der Waals surface area (Å²) in [5.41, 5.74) is 7.11. The zero-order valence-corrected chi connectivity index (χ0v) is 37.2. The molecule has 0 bridgehead atoms. The van der Waals surface area contributed by atoms with Crippen LogP contribution in [0.15, 0.2) is 85.5 Å². The minimum absolute atomic E-state index is 0. The Balaban J connectivity index is 0.00000243. The Morgan fingerprint density at radius 2 is 1.06 bits per heavy atom. The molecule has 0 spiro atoms. The number of aryl methyl sites for hydroxylation is 2. The molecule has 5 aromatic rings. The molecular formula is C42H53I3N4O3. The quantitative estimate of drug-likeness (QED) is 0.0475. The largest absolute Gasteiger partial charge is 1.00 e. The summed E-state index contributed by atoms with van der Waals surface area (Å²) in [5, 5.41) is 2.51. The number of likely N-dealkylation sites (N-methyl/N-ethyl adjacent to an activating group) is 1. The number of nitrogens with zero attached hydrogens (tertiary/aromatic N) is 4. The highest BCUT2D eigenvalue weighted by molar-refractivity contribution is 6.09. The van der Waals surface area contributed by atoms with Gasteiger partial charge in [-0.1, -0.05) is 36.4 Å². The summed E-state index contributed by atoms with van der Waals surface area (Å²) in [7, 11) is 6.46. The summed E-state index contributed by atoms with van der Waals surface area (Å²) < 4.78 is 25.5. The van der Waals surface area contributed by atoms with E-state index in [1.165, 1.54) is 76.4 Å². The second kappa shape index (κ2) is 22.4. The first-order valence-corrected chi connectivity index (χ1v) is 17.9. The number of benzene rings is 2. The van der Waals surface area contributed by atoms with Gasteiger partial charge in [0.05, 0.1) is 59.8 Å². The van der Waals surface area contributed by atoms with Crippen LogP contribution in [0.4, 0.5) is 0 Å². The summed E-state index contributed by atoms with van der Waals surface area (Å²) in [6, 6.07) is 21.9. The molecule has 1 aliphatic heterocycles. The first kappa shape index (κ1) is 44.4. The molecule has 1 aliphatic rings. The predicted octanol–water partition coefficient (Wildman–Crippen LogP) is -2.52. The number of halogens is 3. The van der Waals surface area contributed by atoms with E-state index in [1.54, 1.807) is 0 Å². The Kier molecular flexibility index (Phi) is 19.2. The van der Waals surface area contributed by atoms with Crippen LogP contribution in [0.2, 0.25) is 0 Å². The predicted molar refractivity (Wildman–Crippen MR) is 200 cm³/mol. The Bertz CT molecular complexity index is 1790. The van der Waals surface area contributed by atoms with Gasteiger partial charge in [0, 0.05) is 51.6 Å². The van der Waals surface area contributed by atoms with Gasteiger partial charge in [0.15, 0.2) is 24.8 Å². The third-order valence-corrected chi connectivity index (χ3v) is 9.65. The SMILES string of the molecule is C[n+]1cccc(/C=C/c2ccc3c4ccc(/C=C/c5ccc[n+](C)c5)cc4n(CCOCCOCCOCC[N+]4(C)CCCCC4)c3c2)c1.[I-].[I-].[I-]. The van der Waals surface area contributed by atoms with E-state index in [1.807, 2.05) is 26.5 Å². The van der Waals surface area contributed by atoms with E-state index in [2.05, 4.69) is 118 Å². The summed E-state index contributed by atoms with van der Waals surface area (Å²) in [4.78, 5) is 0. The van der Waals surface area contributed by atoms with Crippen LogP contribution in [0.1, 0.15) is 41.5 Å². The fourth-order valence-electron chi connectivity index (χ4n) is 6.86. The van der Waals surface area contributed by atoms with Gasteiger partial charge < -0.3 is 95.2 Å². The number of pyridine rings is 2. The lowest BCUT2D eigenvalue weighted by molar-refractivity contribution is -0.914. The van der Waals surface area contributed by atoms with E-state index in [0.717, 1.165) is 24.2 Å². The first-order valence-electron chi connectivity index (χ1n) is 17.9. The number of fused-ring (bicyclic) bond motifs is 3. The van der Waals surface area contributed by atoms with E-state index in [-0.39, 0.29) is 71.9 Å². The van der Waals surface area contributed by atoms with Crippen LogP contribution in [0, 0.1) is 0 Å². The smallest absolute Gasteiger partial charge is 0.175 e. The van der Waals surface area contributed by atoms with Gasteiger partial charge in [0.25, 0.3) is 0 Å². The fourth-order valence-corrected chi connectivity index (χ4v) is 6.86. The van der Waals surface area contributed by atoms with E-state index >= 15 is 0 Å². The van der Waals surface area contributed by atoms with Crippen molar-refractivity contribution in [1.82, 2.24) is 4.57 Å². The lowest BCUT2D eigenvalue weighted by Crippen LogP contribution is -3.00. The highest BCUT2D eigenvalue weighted by Gasteiger charge is 2.24. The van der Waals surface area contributed by atoms with Crippen molar-refractivity contribution in [3.63, 3.8) is 0 Å². The lowest BCUT2D eigenvalue weighted by Gasteiger charge is -2.37. The number of aromatic nitrogens is 3. The zero-order chi connectivity index (χ0) is 33.9. The van der Waals surface area contributed by atoms with Crippen LogP contribution in [-0.4, -0.2) is 75.4 Å². The average molecular weight is 1040 g/mol. The monoisotopic (exact) mass is 1040 g/mol. The van der Waals surface area contributed by atoms with Crippen molar-refractivity contribution in [3.8, 4) is 0 Å². The molecule has 280 valence electrons. The molecule has 0 aliphatic carbocycles. The van der Waals surface area contributed by atoms with Crippen molar-refractivity contribution in [2.24, 2.45) is 14.1 Å². The van der Waals surface area contributed by atoms with Crippen LogP contribution in [0.25, 0.3) is 46.1 Å². The van der Waals surface area contributed by atoms with Crippen molar-refractivity contribution >= 4 is 46.1 Å². The van der Waals surface area contributed by atoms with Crippen LogP contribution < -0.4 is 81.1 Å². The summed E-state index contributed by atoms with van der Waals surface area (Å²) in [5.74, 6) is 0. The number of ether oxygens (including phenoxy) is 3. The van der Waals surface area contributed by atoms with E-state index in [0.29, 0.717) is 33.0 Å². The van der Waals surface area contributed by atoms with Crippen LogP contribution >= 0.6 is 0 Å². The van der Waals surface area contributed by atoms with Crippen molar-refractivity contribution in [3.05, 3.63) is 108 Å². The Hall–Kier alpha value is -1.95. The molecule has 4 heterocycles. The van der Waals surface area contributed by atoms with Crippen molar-refractivity contribution in [2.45, 2.75) is 25.8 Å². The van der Waals surface area contributed by atoms with Crippen molar-refractivity contribution < 1.29 is 99.8 Å². The Morgan fingerprint density at radius 3 is 1.56 bits per heavy atom. The zero-order valence-electron chi connectivity index (χ0n) is 30.7. The summed E-state index contributed by atoms with van der Waals surface area (Å²) in [6.45, 7) is 8.21. The van der Waals surface area contributed by atoms with E-state index in [4.69, 9.17) is 14.2 Å². The molecular weight excluding hydrogens is 989 g/mol. The van der Waals surface area contributed by atoms with Gasteiger partial charge in [-0.3, -0.25) is 0 Å². The molecule has 0 saturated carbocycles. The number of hydrogen-bond acceptors (Lipinski definition) is 3. The van der Waals surface area contributed by atoms with Crippen LogP contribution in [-0.2, 0) is 34.9 Å². The molecule has 0 radical (unpaired) electrons. The third-order valence-electron chi connectivity index (χ3n) is 9.65. The van der Waals surface area contributed by atoms with Gasteiger partial charge in [-0.2, -0.15) is 0 Å². The van der Waals surface area contributed by atoms with Gasteiger partial charge in [-0.25, -0.2) is 9.13 Å². The highest BCUT2D eigenvalue weighted by Crippen LogP contribution is 2.31. The number of quaternary nitrogens is 1. The molecule has 6 rings (SSSR count). The van der Waals surface area contributed by atoms with E-state index < -0.39 is 0 Å². The summed E-state index contributed by atoms with van der Waals surface area (Å²) in [6.07, 6.45) is 21.1. The third kappa shape index (κ3) is 12.8. The second-order valence-electron chi connectivity index (χ2n) is 13.7. The van der Waals surface area contributed by atoms with Crippen molar-refractivity contribution in [1.29, 1.82) is 0 Å². The fraction of sp³-hybridized carbons (Fsp3) is 0.381. The maximum atomic E-state index is 6.10. The molecule has 1 saturated heterocycles. The van der Waals surface area contributed by atoms with E-state index in [9.17, 15) is 0 Å². The Labute approximate surface area is 361 Å². The van der Waals surface area contributed by atoms with Gasteiger partial charge in [0.2, 0.25) is 0 Å². The summed E-state index contributed by atoms with van der Waals surface area (Å²) >= 11 is 0. The lowest BCUT2D eigenvalue weighted by atomic mass is 10.1. The Morgan fingerprint density at radius 1 is 0.596 bits per heavy atom. The molecule has 7 nitrogen and oxygen atoms in total. The highest BCUT2D eigenvalue weighted by atomic mass is 127. The molecule has 0 amide bonds. The molecule has 3 aromatic heterocycles. The minimum Gasteiger partial charge on any atom is -1.00 e.